The predicted octanol–water partition coefficient (Wildman–Crippen LogP) is 1.95. The molecule has 1 heterocycles. The molecule has 1 fully saturated rings. The first-order valence-corrected chi connectivity index (χ1v) is 6.33. The van der Waals surface area contributed by atoms with Gasteiger partial charge in [-0.05, 0) is 25.2 Å². The Morgan fingerprint density at radius 1 is 1.62 bits per heavy atom. The summed E-state index contributed by atoms with van der Waals surface area (Å²) in [5.41, 5.74) is 6.59. The van der Waals surface area contributed by atoms with Crippen LogP contribution < -0.4 is 11.1 Å². The van der Waals surface area contributed by atoms with Gasteiger partial charge >= 0.3 is 0 Å². The zero-order valence-corrected chi connectivity index (χ0v) is 10.5. The van der Waals surface area contributed by atoms with E-state index in [9.17, 15) is 4.79 Å². The standard InChI is InChI=1S/C11H17N3OS/c1-7-8(16-10(12)14-7)9(15)13-6-11(2)4-3-5-11/h3-6H2,1-2H3,(H2,12,14)(H,13,15). The van der Waals surface area contributed by atoms with Crippen molar-refractivity contribution in [2.75, 3.05) is 12.3 Å². The molecule has 3 N–H and O–H groups in total. The van der Waals surface area contributed by atoms with Gasteiger partial charge in [-0.3, -0.25) is 4.79 Å². The molecule has 0 unspecified atom stereocenters. The molecule has 1 aliphatic rings. The topological polar surface area (TPSA) is 68.0 Å². The molecule has 2 rings (SSSR count). The first-order chi connectivity index (χ1) is 7.50. The number of hydrogen-bond acceptors (Lipinski definition) is 4. The fourth-order valence-electron chi connectivity index (χ4n) is 1.96. The zero-order valence-electron chi connectivity index (χ0n) is 9.67. The molecule has 0 bridgehead atoms. The summed E-state index contributed by atoms with van der Waals surface area (Å²) in [7, 11) is 0. The van der Waals surface area contributed by atoms with Gasteiger partial charge in [-0.1, -0.05) is 24.7 Å². The molecule has 0 atom stereocenters. The Balaban J connectivity index is 1.95. The molecular formula is C11H17N3OS. The number of anilines is 1. The Kier molecular flexibility index (Phi) is 2.88. The highest BCUT2D eigenvalue weighted by atomic mass is 32.1. The Morgan fingerprint density at radius 2 is 2.31 bits per heavy atom. The van der Waals surface area contributed by atoms with Crippen molar-refractivity contribution in [3.63, 3.8) is 0 Å². The molecule has 0 spiro atoms. The number of thiazole rings is 1. The van der Waals surface area contributed by atoms with Crippen molar-refractivity contribution in [1.29, 1.82) is 0 Å². The first-order valence-electron chi connectivity index (χ1n) is 5.51. The lowest BCUT2D eigenvalue weighted by atomic mass is 9.70. The third-order valence-corrected chi connectivity index (χ3v) is 4.24. The quantitative estimate of drug-likeness (QED) is 0.847. The number of nitrogens with one attached hydrogen (secondary N) is 1. The normalized spacial score (nSPS) is 17.9. The molecule has 1 aromatic rings. The minimum Gasteiger partial charge on any atom is -0.375 e. The van der Waals surface area contributed by atoms with E-state index in [0.29, 0.717) is 15.4 Å². The summed E-state index contributed by atoms with van der Waals surface area (Å²) in [5.74, 6) is -0.0418. The molecule has 1 saturated carbocycles. The summed E-state index contributed by atoms with van der Waals surface area (Å²) in [5, 5.41) is 3.43. The van der Waals surface area contributed by atoms with Crippen LogP contribution in [-0.4, -0.2) is 17.4 Å². The average molecular weight is 239 g/mol. The lowest BCUT2D eigenvalue weighted by molar-refractivity contribution is 0.0894. The fraction of sp³-hybridized carbons (Fsp3) is 0.636. The minimum atomic E-state index is -0.0418. The van der Waals surface area contributed by atoms with Gasteiger partial charge in [0.2, 0.25) is 0 Å². The molecule has 1 amide bonds. The number of hydrogen-bond donors (Lipinski definition) is 2. The highest BCUT2D eigenvalue weighted by molar-refractivity contribution is 7.17. The van der Waals surface area contributed by atoms with E-state index in [1.807, 2.05) is 6.92 Å². The maximum Gasteiger partial charge on any atom is 0.263 e. The van der Waals surface area contributed by atoms with Crippen molar-refractivity contribution in [3.8, 4) is 0 Å². The second-order valence-corrected chi connectivity index (χ2v) is 5.84. The maximum atomic E-state index is 11.9. The van der Waals surface area contributed by atoms with Crippen LogP contribution >= 0.6 is 11.3 Å². The summed E-state index contributed by atoms with van der Waals surface area (Å²) in [6.45, 7) is 4.78. The number of carbonyl (C=O) groups excluding carboxylic acids is 1. The van der Waals surface area contributed by atoms with Gasteiger partial charge in [0.15, 0.2) is 5.13 Å². The fourth-order valence-corrected chi connectivity index (χ4v) is 2.71. The van der Waals surface area contributed by atoms with Crippen LogP contribution in [0.25, 0.3) is 0 Å². The average Bonchev–Trinajstić information content (AvgIpc) is 2.51. The van der Waals surface area contributed by atoms with Crippen molar-refractivity contribution >= 4 is 22.4 Å². The van der Waals surface area contributed by atoms with Crippen LogP contribution in [0, 0.1) is 12.3 Å². The highest BCUT2D eigenvalue weighted by Crippen LogP contribution is 2.39. The van der Waals surface area contributed by atoms with E-state index in [0.717, 1.165) is 12.2 Å². The van der Waals surface area contributed by atoms with Gasteiger partial charge in [-0.2, -0.15) is 0 Å². The second-order valence-electron chi connectivity index (χ2n) is 4.81. The molecule has 4 nitrogen and oxygen atoms in total. The number of aryl methyl sites for hydroxylation is 1. The number of rotatable bonds is 3. The SMILES string of the molecule is Cc1nc(N)sc1C(=O)NCC1(C)CCC1. The Labute approximate surface area is 99.3 Å². The second kappa shape index (κ2) is 4.05. The van der Waals surface area contributed by atoms with E-state index in [4.69, 9.17) is 5.73 Å². The van der Waals surface area contributed by atoms with Crippen molar-refractivity contribution in [1.82, 2.24) is 10.3 Å². The van der Waals surface area contributed by atoms with E-state index < -0.39 is 0 Å². The lowest BCUT2D eigenvalue weighted by Crippen LogP contribution is -2.39. The van der Waals surface area contributed by atoms with Crippen LogP contribution in [-0.2, 0) is 0 Å². The lowest BCUT2D eigenvalue weighted by Gasteiger charge is -2.38. The van der Waals surface area contributed by atoms with Crippen LogP contribution in [0.2, 0.25) is 0 Å². The summed E-state index contributed by atoms with van der Waals surface area (Å²) < 4.78 is 0. The Bertz CT molecular complexity index is 409. The Morgan fingerprint density at radius 3 is 2.75 bits per heavy atom. The van der Waals surface area contributed by atoms with Crippen LogP contribution in [0.5, 0.6) is 0 Å². The van der Waals surface area contributed by atoms with Crippen molar-refractivity contribution in [2.45, 2.75) is 33.1 Å². The molecule has 1 aliphatic carbocycles. The largest absolute Gasteiger partial charge is 0.375 e. The smallest absolute Gasteiger partial charge is 0.263 e. The van der Waals surface area contributed by atoms with Gasteiger partial charge in [0.05, 0.1) is 5.69 Å². The highest BCUT2D eigenvalue weighted by Gasteiger charge is 2.32. The summed E-state index contributed by atoms with van der Waals surface area (Å²) in [6.07, 6.45) is 3.69. The van der Waals surface area contributed by atoms with Gasteiger partial charge in [-0.15, -0.1) is 0 Å². The van der Waals surface area contributed by atoms with Crippen LogP contribution in [0.1, 0.15) is 41.6 Å². The maximum absolute atomic E-state index is 11.9. The molecule has 16 heavy (non-hydrogen) atoms. The van der Waals surface area contributed by atoms with Gasteiger partial charge in [-0.25, -0.2) is 4.98 Å². The number of nitrogens with zero attached hydrogens (tertiary/aromatic N) is 1. The molecule has 0 aromatic carbocycles. The molecule has 0 radical (unpaired) electrons. The van der Waals surface area contributed by atoms with Crippen LogP contribution in [0.15, 0.2) is 0 Å². The number of aromatic nitrogens is 1. The molecule has 1 aromatic heterocycles. The number of carbonyl (C=O) groups is 1. The zero-order chi connectivity index (χ0) is 11.8. The van der Waals surface area contributed by atoms with Crippen molar-refractivity contribution in [2.24, 2.45) is 5.41 Å². The Hall–Kier alpha value is -1.10. The van der Waals surface area contributed by atoms with Crippen molar-refractivity contribution < 1.29 is 4.79 Å². The minimum absolute atomic E-state index is 0.0418. The third-order valence-electron chi connectivity index (χ3n) is 3.26. The number of amides is 1. The van der Waals surface area contributed by atoms with E-state index in [1.165, 1.54) is 30.6 Å². The predicted molar refractivity (Wildman–Crippen MR) is 65.6 cm³/mol. The molecule has 0 aliphatic heterocycles. The van der Waals surface area contributed by atoms with Crippen molar-refractivity contribution in [3.05, 3.63) is 10.6 Å². The summed E-state index contributed by atoms with van der Waals surface area (Å²) >= 11 is 1.25. The van der Waals surface area contributed by atoms with E-state index in [1.54, 1.807) is 0 Å². The van der Waals surface area contributed by atoms with Gasteiger partial charge in [0, 0.05) is 6.54 Å². The molecule has 0 saturated heterocycles. The van der Waals surface area contributed by atoms with Gasteiger partial charge < -0.3 is 11.1 Å². The number of nitrogens with two attached hydrogens (primary N) is 1. The third kappa shape index (κ3) is 2.19. The molecule has 5 heteroatoms. The van der Waals surface area contributed by atoms with Crippen LogP contribution in [0.3, 0.4) is 0 Å². The first kappa shape index (κ1) is 11.4. The van der Waals surface area contributed by atoms with Gasteiger partial charge in [0.25, 0.3) is 5.91 Å². The van der Waals surface area contributed by atoms with E-state index >= 15 is 0 Å². The van der Waals surface area contributed by atoms with Crippen LogP contribution in [0.4, 0.5) is 5.13 Å². The summed E-state index contributed by atoms with van der Waals surface area (Å²) in [6, 6.07) is 0. The summed E-state index contributed by atoms with van der Waals surface area (Å²) in [4.78, 5) is 16.6. The monoisotopic (exact) mass is 239 g/mol. The van der Waals surface area contributed by atoms with Gasteiger partial charge in [0.1, 0.15) is 4.88 Å². The molecular weight excluding hydrogens is 222 g/mol. The van der Waals surface area contributed by atoms with E-state index in [2.05, 4.69) is 17.2 Å². The van der Waals surface area contributed by atoms with E-state index in [-0.39, 0.29) is 5.91 Å². The number of nitrogen functional groups attached to an aromatic ring is 1. The molecule has 88 valence electrons.